The first-order valence-electron chi connectivity index (χ1n) is 13.9. The largest absolute Gasteiger partial charge is 0.389 e. The number of piperidine rings is 1. The molecule has 2 aliphatic heterocycles. The van der Waals surface area contributed by atoms with E-state index in [0.717, 1.165) is 0 Å². The molecule has 3 N–H and O–H groups in total. The first kappa shape index (κ1) is 29.9. The van der Waals surface area contributed by atoms with Gasteiger partial charge in [-0.05, 0) is 52.0 Å². The molecule has 0 amide bonds. The number of benzene rings is 2. The van der Waals surface area contributed by atoms with Crippen molar-refractivity contribution in [2.45, 2.75) is 75.1 Å². The van der Waals surface area contributed by atoms with Gasteiger partial charge >= 0.3 is 0 Å². The van der Waals surface area contributed by atoms with Crippen LogP contribution >= 0.6 is 11.6 Å². The van der Waals surface area contributed by atoms with Crippen LogP contribution in [0.2, 0.25) is 5.02 Å². The summed E-state index contributed by atoms with van der Waals surface area (Å²) in [6.07, 6.45) is -0.406. The third-order valence-electron chi connectivity index (χ3n) is 7.80. The molecule has 11 nitrogen and oxygen atoms in total. The zero-order chi connectivity index (χ0) is 30.8. The van der Waals surface area contributed by atoms with E-state index >= 15 is 4.39 Å². The Morgan fingerprint density at radius 2 is 1.91 bits per heavy atom. The van der Waals surface area contributed by atoms with Crippen LogP contribution in [0.15, 0.2) is 53.6 Å². The lowest BCUT2D eigenvalue weighted by atomic mass is 9.97. The number of hydrogen-bond acceptors (Lipinski definition) is 9. The van der Waals surface area contributed by atoms with Crippen LogP contribution in [0.3, 0.4) is 0 Å². The number of rotatable bonds is 7. The number of halogens is 2. The SMILES string of the molecule is CC(C)n1c(C(C)(C)O)nc2c(F)cc(-c3nc(N[C@@H]4C[C@H]5OC[C@@H](C4O)N5S(=O)(=O)c4ccccc4)ncc3Cl)cc21. The summed E-state index contributed by atoms with van der Waals surface area (Å²) in [4.78, 5) is 13.3. The highest BCUT2D eigenvalue weighted by Crippen LogP contribution is 2.38. The second-order valence-corrected chi connectivity index (χ2v) is 13.9. The van der Waals surface area contributed by atoms with Crippen LogP contribution in [0, 0.1) is 5.82 Å². The minimum Gasteiger partial charge on any atom is -0.389 e. The molecule has 4 heterocycles. The predicted molar refractivity (Wildman–Crippen MR) is 158 cm³/mol. The van der Waals surface area contributed by atoms with Crippen LogP contribution in [0.5, 0.6) is 0 Å². The van der Waals surface area contributed by atoms with E-state index < -0.39 is 45.9 Å². The molecule has 43 heavy (non-hydrogen) atoms. The smallest absolute Gasteiger partial charge is 0.245 e. The van der Waals surface area contributed by atoms with E-state index in [1.165, 1.54) is 28.7 Å². The number of aromatic nitrogens is 4. The van der Waals surface area contributed by atoms with Gasteiger partial charge in [-0.25, -0.2) is 27.8 Å². The lowest BCUT2D eigenvalue weighted by molar-refractivity contribution is 0.0129. The van der Waals surface area contributed by atoms with Crippen molar-refractivity contribution >= 4 is 38.6 Å². The van der Waals surface area contributed by atoms with Gasteiger partial charge in [0.25, 0.3) is 0 Å². The summed E-state index contributed by atoms with van der Waals surface area (Å²) in [5.74, 6) is -0.147. The molecule has 0 spiro atoms. The normalized spacial score (nSPS) is 22.9. The van der Waals surface area contributed by atoms with Gasteiger partial charge in [0.1, 0.15) is 23.2 Å². The lowest BCUT2D eigenvalue weighted by Crippen LogP contribution is -2.58. The highest BCUT2D eigenvalue weighted by molar-refractivity contribution is 7.89. The molecular formula is C29H32ClFN6O5S. The van der Waals surface area contributed by atoms with Gasteiger partial charge in [-0.1, -0.05) is 29.8 Å². The molecule has 1 unspecified atom stereocenters. The van der Waals surface area contributed by atoms with E-state index in [1.807, 2.05) is 13.8 Å². The van der Waals surface area contributed by atoms with E-state index in [0.29, 0.717) is 16.9 Å². The molecular weight excluding hydrogens is 599 g/mol. The highest BCUT2D eigenvalue weighted by atomic mass is 35.5. The minimum atomic E-state index is -3.90. The van der Waals surface area contributed by atoms with Crippen LogP contribution in [-0.2, 0) is 20.4 Å². The number of anilines is 1. The second-order valence-electron chi connectivity index (χ2n) is 11.7. The maximum Gasteiger partial charge on any atom is 0.245 e. The lowest BCUT2D eigenvalue weighted by Gasteiger charge is -2.39. The highest BCUT2D eigenvalue weighted by Gasteiger charge is 2.53. The summed E-state index contributed by atoms with van der Waals surface area (Å²) in [5, 5.41) is 25.2. The molecule has 2 aliphatic rings. The standard InChI is InChI=1S/C29H32ClFN6O5S/c1-15(2)36-21-11-16(10-19(31)25(21)34-27(36)29(3,4)39)24-18(30)13-32-28(35-24)33-20-12-23-37(22(14-42-23)26(20)38)43(40,41)17-8-6-5-7-9-17/h5-11,13,15,20,22-23,26,38-39H,12,14H2,1-4H3,(H,32,33,35)/t20-,22+,23-,26?/m1/s1. The monoisotopic (exact) mass is 630 g/mol. The van der Waals surface area contributed by atoms with Gasteiger partial charge in [0.05, 0.1) is 52.1 Å². The fourth-order valence-electron chi connectivity index (χ4n) is 5.86. The average molecular weight is 631 g/mol. The molecule has 14 heteroatoms. The minimum absolute atomic E-state index is 0.0399. The van der Waals surface area contributed by atoms with Crippen molar-refractivity contribution in [3.63, 3.8) is 0 Å². The molecule has 6 rings (SSSR count). The Kier molecular flexibility index (Phi) is 7.47. The summed E-state index contributed by atoms with van der Waals surface area (Å²) in [6, 6.07) is 9.45. The molecule has 228 valence electrons. The van der Waals surface area contributed by atoms with Crippen LogP contribution < -0.4 is 5.32 Å². The second kappa shape index (κ2) is 10.8. The maximum atomic E-state index is 15.4. The average Bonchev–Trinajstić information content (AvgIpc) is 3.53. The third kappa shape index (κ3) is 5.17. The Hall–Kier alpha value is -3.20. The molecule has 4 aromatic rings. The zero-order valence-corrected chi connectivity index (χ0v) is 25.5. The summed E-state index contributed by atoms with van der Waals surface area (Å²) in [7, 11) is -3.90. The number of hydrogen-bond donors (Lipinski definition) is 3. The first-order valence-corrected chi connectivity index (χ1v) is 15.7. The number of aliphatic hydroxyl groups is 2. The van der Waals surface area contributed by atoms with Gasteiger partial charge in [0, 0.05) is 18.0 Å². The van der Waals surface area contributed by atoms with Crippen LogP contribution in [0.1, 0.15) is 46.0 Å². The van der Waals surface area contributed by atoms with Crippen molar-refractivity contribution in [3.05, 3.63) is 65.3 Å². The molecule has 4 atom stereocenters. The molecule has 0 saturated carbocycles. The summed E-state index contributed by atoms with van der Waals surface area (Å²) >= 11 is 6.49. The van der Waals surface area contributed by atoms with E-state index in [9.17, 15) is 18.6 Å². The Balaban J connectivity index is 1.31. The molecule has 2 aromatic heterocycles. The number of fused-ring (bicyclic) bond motifs is 3. The number of sulfonamides is 1. The molecule has 0 radical (unpaired) electrons. The summed E-state index contributed by atoms with van der Waals surface area (Å²) in [5.41, 5.74) is -0.0905. The molecule has 0 aliphatic carbocycles. The van der Waals surface area contributed by atoms with Crippen molar-refractivity contribution in [1.29, 1.82) is 0 Å². The van der Waals surface area contributed by atoms with Crippen molar-refractivity contribution < 1.29 is 27.8 Å². The van der Waals surface area contributed by atoms with Crippen molar-refractivity contribution in [2.24, 2.45) is 0 Å². The summed E-state index contributed by atoms with van der Waals surface area (Å²) < 4.78 is 50.9. The Morgan fingerprint density at radius 1 is 1.19 bits per heavy atom. The number of nitrogens with zero attached hydrogens (tertiary/aromatic N) is 5. The number of ether oxygens (including phenoxy) is 1. The van der Waals surface area contributed by atoms with Crippen LogP contribution in [0.4, 0.5) is 10.3 Å². The number of imidazole rings is 1. The first-order chi connectivity index (χ1) is 20.3. The van der Waals surface area contributed by atoms with E-state index in [-0.39, 0.29) is 46.1 Å². The Morgan fingerprint density at radius 3 is 2.58 bits per heavy atom. The van der Waals surface area contributed by atoms with Crippen molar-refractivity contribution in [3.8, 4) is 11.3 Å². The molecule has 2 bridgehead atoms. The number of aliphatic hydroxyl groups excluding tert-OH is 1. The fraction of sp³-hybridized carbons (Fsp3) is 0.414. The fourth-order valence-corrected chi connectivity index (χ4v) is 7.80. The van der Waals surface area contributed by atoms with Gasteiger partial charge in [0.15, 0.2) is 5.82 Å². The van der Waals surface area contributed by atoms with Crippen LogP contribution in [-0.4, -0.2) is 73.5 Å². The van der Waals surface area contributed by atoms with E-state index in [2.05, 4.69) is 20.3 Å². The van der Waals surface area contributed by atoms with Gasteiger partial charge in [-0.15, -0.1) is 0 Å². The van der Waals surface area contributed by atoms with Gasteiger partial charge in [-0.2, -0.15) is 4.31 Å². The van der Waals surface area contributed by atoms with Crippen molar-refractivity contribution in [1.82, 2.24) is 23.8 Å². The molecule has 2 fully saturated rings. The zero-order valence-electron chi connectivity index (χ0n) is 23.9. The maximum absolute atomic E-state index is 15.4. The van der Waals surface area contributed by atoms with Crippen molar-refractivity contribution in [2.75, 3.05) is 11.9 Å². The van der Waals surface area contributed by atoms with Crippen LogP contribution in [0.25, 0.3) is 22.3 Å². The van der Waals surface area contributed by atoms with Gasteiger partial charge < -0.3 is 24.8 Å². The van der Waals surface area contributed by atoms with E-state index in [4.69, 9.17) is 16.3 Å². The third-order valence-corrected chi connectivity index (χ3v) is 10.0. The molecule has 2 saturated heterocycles. The predicted octanol–water partition coefficient (Wildman–Crippen LogP) is 4.06. The number of nitrogens with one attached hydrogen (secondary N) is 1. The quantitative estimate of drug-likeness (QED) is 0.276. The molecule has 2 aromatic carbocycles. The Bertz CT molecular complexity index is 1800. The summed E-state index contributed by atoms with van der Waals surface area (Å²) in [6.45, 7) is 7.06. The van der Waals surface area contributed by atoms with Gasteiger partial charge in [0.2, 0.25) is 16.0 Å². The van der Waals surface area contributed by atoms with Gasteiger partial charge in [-0.3, -0.25) is 0 Å². The topological polar surface area (TPSA) is 143 Å². The Labute approximate surface area is 253 Å². The van der Waals surface area contributed by atoms with E-state index in [1.54, 1.807) is 42.7 Å².